The lowest BCUT2D eigenvalue weighted by Crippen LogP contribution is -2.13. The van der Waals surface area contributed by atoms with Crippen LogP contribution in [0.5, 0.6) is 0 Å². The minimum atomic E-state index is 0.233. The van der Waals surface area contributed by atoms with Crippen LogP contribution in [0, 0.1) is 0 Å². The zero-order valence-corrected chi connectivity index (χ0v) is 10.0. The number of aromatic nitrogens is 1. The second-order valence-corrected chi connectivity index (χ2v) is 5.10. The molecule has 0 N–H and O–H groups in total. The van der Waals surface area contributed by atoms with Crippen molar-refractivity contribution in [3.63, 3.8) is 0 Å². The van der Waals surface area contributed by atoms with Crippen LogP contribution in [0.15, 0.2) is 30.5 Å². The van der Waals surface area contributed by atoms with E-state index >= 15 is 0 Å². The molecular formula is C14H19N. The molecule has 0 bridgehead atoms. The first kappa shape index (κ1) is 10.3. The van der Waals surface area contributed by atoms with Crippen LogP contribution in [-0.2, 0) is 11.8 Å². The van der Waals surface area contributed by atoms with Crippen LogP contribution in [0.2, 0.25) is 0 Å². The molecule has 1 nitrogen and oxygen atoms in total. The average molecular weight is 201 g/mol. The van der Waals surface area contributed by atoms with Gasteiger partial charge in [-0.3, -0.25) is 0 Å². The van der Waals surface area contributed by atoms with Crippen LogP contribution in [0.1, 0.15) is 39.0 Å². The summed E-state index contributed by atoms with van der Waals surface area (Å²) in [6.07, 6.45) is 3.24. The quantitative estimate of drug-likeness (QED) is 0.661. The zero-order chi connectivity index (χ0) is 11.1. The molecule has 0 aliphatic rings. The number of nitrogens with zero attached hydrogens (tertiary/aromatic N) is 1. The second kappa shape index (κ2) is 3.41. The molecule has 2 aromatic rings. The number of pyridine rings is 1. The van der Waals surface area contributed by atoms with Gasteiger partial charge in [0.25, 0.3) is 0 Å². The van der Waals surface area contributed by atoms with Crippen molar-refractivity contribution in [1.29, 1.82) is 0 Å². The number of rotatable bonds is 1. The second-order valence-electron chi connectivity index (χ2n) is 5.10. The lowest BCUT2D eigenvalue weighted by atomic mass is 9.86. The first-order valence-electron chi connectivity index (χ1n) is 5.63. The minimum Gasteiger partial charge on any atom is -0.321 e. The summed E-state index contributed by atoms with van der Waals surface area (Å²) in [5, 5.41) is 0. The van der Waals surface area contributed by atoms with E-state index in [2.05, 4.69) is 62.6 Å². The molecule has 15 heavy (non-hydrogen) atoms. The molecule has 0 radical (unpaired) electrons. The summed E-state index contributed by atoms with van der Waals surface area (Å²) in [7, 11) is 0. The highest BCUT2D eigenvalue weighted by Crippen LogP contribution is 2.29. The van der Waals surface area contributed by atoms with Crippen molar-refractivity contribution in [2.24, 2.45) is 0 Å². The maximum Gasteiger partial charge on any atom is 0.0455 e. The van der Waals surface area contributed by atoms with E-state index in [1.165, 1.54) is 16.8 Å². The van der Waals surface area contributed by atoms with Gasteiger partial charge in [-0.25, -0.2) is 0 Å². The molecule has 0 saturated heterocycles. The Kier molecular flexibility index (Phi) is 2.34. The average Bonchev–Trinajstić information content (AvgIpc) is 2.55. The molecule has 1 heteroatoms. The molecule has 0 fully saturated rings. The summed E-state index contributed by atoms with van der Waals surface area (Å²) < 4.78 is 2.31. The molecule has 2 rings (SSSR count). The molecule has 0 amide bonds. The maximum absolute atomic E-state index is 2.32. The van der Waals surface area contributed by atoms with Crippen molar-refractivity contribution in [3.8, 4) is 0 Å². The van der Waals surface area contributed by atoms with E-state index < -0.39 is 0 Å². The standard InChI is InChI=1S/C14H19N/c1-5-13-12(14(2,3)4)10-11-8-6-7-9-15(11)13/h6-10H,5H2,1-4H3. The first-order chi connectivity index (χ1) is 7.04. The van der Waals surface area contributed by atoms with Crippen molar-refractivity contribution in [2.45, 2.75) is 39.5 Å². The Bertz CT molecular complexity index is 472. The third-order valence-electron chi connectivity index (χ3n) is 2.93. The lowest BCUT2D eigenvalue weighted by Gasteiger charge is -2.19. The summed E-state index contributed by atoms with van der Waals surface area (Å²) in [5.74, 6) is 0. The highest BCUT2D eigenvalue weighted by molar-refractivity contribution is 5.55. The van der Waals surface area contributed by atoms with E-state index in [1.807, 2.05) is 0 Å². The first-order valence-corrected chi connectivity index (χ1v) is 5.63. The Balaban J connectivity index is 2.75. The molecule has 0 saturated carbocycles. The minimum absolute atomic E-state index is 0.233. The van der Waals surface area contributed by atoms with Crippen LogP contribution in [0.25, 0.3) is 5.52 Å². The Hall–Kier alpha value is -1.24. The van der Waals surface area contributed by atoms with E-state index in [-0.39, 0.29) is 5.41 Å². The Morgan fingerprint density at radius 1 is 1.20 bits per heavy atom. The van der Waals surface area contributed by atoms with E-state index in [0.717, 1.165) is 6.42 Å². The van der Waals surface area contributed by atoms with E-state index in [0.29, 0.717) is 0 Å². The van der Waals surface area contributed by atoms with Crippen molar-refractivity contribution < 1.29 is 0 Å². The van der Waals surface area contributed by atoms with E-state index in [9.17, 15) is 0 Å². The smallest absolute Gasteiger partial charge is 0.0455 e. The van der Waals surface area contributed by atoms with Gasteiger partial charge in [0.1, 0.15) is 0 Å². The summed E-state index contributed by atoms with van der Waals surface area (Å²) in [6, 6.07) is 8.69. The number of hydrogen-bond acceptors (Lipinski definition) is 0. The summed E-state index contributed by atoms with van der Waals surface area (Å²) in [4.78, 5) is 0. The Labute approximate surface area is 91.7 Å². The summed E-state index contributed by atoms with van der Waals surface area (Å²) in [6.45, 7) is 9.06. The van der Waals surface area contributed by atoms with Gasteiger partial charge < -0.3 is 4.40 Å². The molecule has 2 aromatic heterocycles. The summed E-state index contributed by atoms with van der Waals surface area (Å²) >= 11 is 0. The molecule has 0 aromatic carbocycles. The fraction of sp³-hybridized carbons (Fsp3) is 0.429. The predicted octanol–water partition coefficient (Wildman–Crippen LogP) is 3.80. The largest absolute Gasteiger partial charge is 0.321 e. The fourth-order valence-electron chi connectivity index (χ4n) is 2.19. The van der Waals surface area contributed by atoms with Gasteiger partial charge >= 0.3 is 0 Å². The van der Waals surface area contributed by atoms with Gasteiger partial charge in [-0.15, -0.1) is 0 Å². The van der Waals surface area contributed by atoms with Gasteiger partial charge in [0, 0.05) is 17.4 Å². The zero-order valence-electron chi connectivity index (χ0n) is 10.0. The molecule has 80 valence electrons. The number of aryl methyl sites for hydroxylation is 1. The van der Waals surface area contributed by atoms with Gasteiger partial charge in [-0.1, -0.05) is 33.8 Å². The highest BCUT2D eigenvalue weighted by atomic mass is 14.9. The van der Waals surface area contributed by atoms with Crippen molar-refractivity contribution in [3.05, 3.63) is 41.7 Å². The van der Waals surface area contributed by atoms with Gasteiger partial charge in [0.05, 0.1) is 0 Å². The van der Waals surface area contributed by atoms with Gasteiger partial charge in [-0.2, -0.15) is 0 Å². The topological polar surface area (TPSA) is 4.41 Å². The Morgan fingerprint density at radius 2 is 1.93 bits per heavy atom. The fourth-order valence-corrected chi connectivity index (χ4v) is 2.19. The van der Waals surface area contributed by atoms with E-state index in [1.54, 1.807) is 0 Å². The Morgan fingerprint density at radius 3 is 2.53 bits per heavy atom. The van der Waals surface area contributed by atoms with Gasteiger partial charge in [0.15, 0.2) is 0 Å². The van der Waals surface area contributed by atoms with Crippen LogP contribution in [0.4, 0.5) is 0 Å². The molecule has 0 aliphatic carbocycles. The summed E-state index contributed by atoms with van der Waals surface area (Å²) in [5.41, 5.74) is 4.45. The van der Waals surface area contributed by atoms with Crippen LogP contribution in [0.3, 0.4) is 0 Å². The maximum atomic E-state index is 2.32. The number of hydrogen-bond donors (Lipinski definition) is 0. The predicted molar refractivity (Wildman–Crippen MR) is 65.5 cm³/mol. The molecule has 0 aliphatic heterocycles. The lowest BCUT2D eigenvalue weighted by molar-refractivity contribution is 0.582. The SMILES string of the molecule is CCc1c(C(C)(C)C)cc2ccccn12. The molecule has 0 spiro atoms. The normalized spacial score (nSPS) is 12.3. The van der Waals surface area contributed by atoms with Gasteiger partial charge in [-0.05, 0) is 35.6 Å². The van der Waals surface area contributed by atoms with E-state index in [4.69, 9.17) is 0 Å². The van der Waals surface area contributed by atoms with Crippen LogP contribution >= 0.6 is 0 Å². The van der Waals surface area contributed by atoms with Crippen molar-refractivity contribution in [1.82, 2.24) is 4.40 Å². The third-order valence-corrected chi connectivity index (χ3v) is 2.93. The number of fused-ring (bicyclic) bond motifs is 1. The highest BCUT2D eigenvalue weighted by Gasteiger charge is 2.20. The van der Waals surface area contributed by atoms with Gasteiger partial charge in [0.2, 0.25) is 0 Å². The van der Waals surface area contributed by atoms with Crippen LogP contribution in [-0.4, -0.2) is 4.40 Å². The van der Waals surface area contributed by atoms with Crippen molar-refractivity contribution >= 4 is 5.52 Å². The molecule has 2 heterocycles. The molecular weight excluding hydrogens is 182 g/mol. The molecule has 0 unspecified atom stereocenters. The van der Waals surface area contributed by atoms with Crippen molar-refractivity contribution in [2.75, 3.05) is 0 Å². The monoisotopic (exact) mass is 201 g/mol. The van der Waals surface area contributed by atoms with Crippen LogP contribution < -0.4 is 0 Å². The molecule has 0 atom stereocenters. The third kappa shape index (κ3) is 1.67.